The third-order valence-corrected chi connectivity index (χ3v) is 1.71. The van der Waals surface area contributed by atoms with Crippen molar-refractivity contribution in [3.8, 4) is 0 Å². The van der Waals surface area contributed by atoms with E-state index in [1.807, 2.05) is 0 Å². The molecule has 0 aromatic heterocycles. The minimum atomic E-state index is -1.20. The van der Waals surface area contributed by atoms with Crippen LogP contribution in [0, 0.1) is 5.41 Å². The summed E-state index contributed by atoms with van der Waals surface area (Å²) in [5.41, 5.74) is 9.26. The second kappa shape index (κ2) is 2.09. The normalized spacial score (nSPS) is 20.6. The van der Waals surface area contributed by atoms with Gasteiger partial charge in [-0.1, -0.05) is 0 Å². The molecule has 1 saturated heterocycles. The quantitative estimate of drug-likeness (QED) is 0.259. The van der Waals surface area contributed by atoms with Crippen LogP contribution in [-0.2, 0) is 4.79 Å². The predicted octanol–water partition coefficient (Wildman–Crippen LogP) is -2.02. The van der Waals surface area contributed by atoms with Gasteiger partial charge in [-0.15, -0.1) is 0 Å². The Morgan fingerprint density at radius 3 is 2.36 bits per heavy atom. The molecular weight excluding hydrogens is 148 g/mol. The number of hydrogen-bond acceptors (Lipinski definition) is 3. The fraction of sp³-hybridized carbons (Fsp3) is 0.600. The number of rotatable bonds is 1. The number of hydrogen-bond donors (Lipinski definition) is 4. The van der Waals surface area contributed by atoms with Crippen LogP contribution in [0.15, 0.2) is 0 Å². The van der Waals surface area contributed by atoms with Crippen LogP contribution < -0.4 is 11.5 Å². The fourth-order valence-electron chi connectivity index (χ4n) is 0.940. The topological polar surface area (TPSA) is 116 Å². The van der Waals surface area contributed by atoms with Crippen molar-refractivity contribution in [3.63, 3.8) is 0 Å². The van der Waals surface area contributed by atoms with E-state index in [0.717, 1.165) is 0 Å². The van der Waals surface area contributed by atoms with Crippen molar-refractivity contribution in [1.82, 2.24) is 4.90 Å². The van der Waals surface area contributed by atoms with Gasteiger partial charge >= 0.3 is 5.97 Å². The number of nitrogens with zero attached hydrogens (tertiary/aromatic N) is 1. The van der Waals surface area contributed by atoms with Crippen molar-refractivity contribution < 1.29 is 9.90 Å². The summed E-state index contributed by atoms with van der Waals surface area (Å²) in [4.78, 5) is 11.8. The van der Waals surface area contributed by atoms with Gasteiger partial charge in [-0.2, -0.15) is 0 Å². The van der Waals surface area contributed by atoms with Crippen LogP contribution >= 0.6 is 0 Å². The van der Waals surface area contributed by atoms with Crippen molar-refractivity contribution in [2.45, 2.75) is 5.54 Å². The zero-order valence-electron chi connectivity index (χ0n) is 5.87. The molecule has 0 aliphatic carbocycles. The Kier molecular flexibility index (Phi) is 1.48. The first-order valence-electron chi connectivity index (χ1n) is 3.07. The molecule has 62 valence electrons. The maximum atomic E-state index is 10.4. The van der Waals surface area contributed by atoms with E-state index in [1.54, 1.807) is 0 Å². The highest BCUT2D eigenvalue weighted by Crippen LogP contribution is 2.16. The Bertz CT molecular complexity index is 209. The van der Waals surface area contributed by atoms with Crippen LogP contribution in [0.1, 0.15) is 0 Å². The summed E-state index contributed by atoms with van der Waals surface area (Å²) in [7, 11) is 0. The largest absolute Gasteiger partial charge is 0.480 e. The molecular formula is C5H10N4O2. The molecule has 0 saturated carbocycles. The van der Waals surface area contributed by atoms with E-state index in [2.05, 4.69) is 0 Å². The zero-order valence-corrected chi connectivity index (χ0v) is 5.87. The highest BCUT2D eigenvalue weighted by atomic mass is 16.4. The second-order valence-electron chi connectivity index (χ2n) is 2.70. The maximum absolute atomic E-state index is 10.4. The SMILES string of the molecule is N=C(N)N1CC(N)(C(=O)O)C1. The van der Waals surface area contributed by atoms with Gasteiger partial charge in [0, 0.05) is 0 Å². The lowest BCUT2D eigenvalue weighted by Crippen LogP contribution is -2.73. The Labute approximate surface area is 63.3 Å². The highest BCUT2D eigenvalue weighted by Gasteiger charge is 2.46. The summed E-state index contributed by atoms with van der Waals surface area (Å²) in [6.45, 7) is 0.245. The summed E-state index contributed by atoms with van der Waals surface area (Å²) in [6.07, 6.45) is 0. The number of nitrogens with two attached hydrogens (primary N) is 2. The molecule has 11 heavy (non-hydrogen) atoms. The number of guanidine groups is 1. The Balaban J connectivity index is 2.50. The van der Waals surface area contributed by atoms with Crippen LogP contribution in [0.2, 0.25) is 0 Å². The van der Waals surface area contributed by atoms with Gasteiger partial charge in [0.2, 0.25) is 0 Å². The Hall–Kier alpha value is -1.30. The first kappa shape index (κ1) is 7.80. The molecule has 0 spiro atoms. The van der Waals surface area contributed by atoms with E-state index in [4.69, 9.17) is 22.0 Å². The smallest absolute Gasteiger partial charge is 0.327 e. The summed E-state index contributed by atoms with van der Waals surface area (Å²) >= 11 is 0. The summed E-state index contributed by atoms with van der Waals surface area (Å²) in [5, 5.41) is 15.5. The van der Waals surface area contributed by atoms with Gasteiger partial charge in [0.25, 0.3) is 0 Å². The number of nitrogens with one attached hydrogen (secondary N) is 1. The van der Waals surface area contributed by atoms with Gasteiger partial charge in [0.1, 0.15) is 5.54 Å². The molecule has 0 amide bonds. The van der Waals surface area contributed by atoms with Crippen LogP contribution in [-0.4, -0.2) is 40.6 Å². The molecule has 1 rings (SSSR count). The van der Waals surface area contributed by atoms with Gasteiger partial charge in [0.05, 0.1) is 13.1 Å². The van der Waals surface area contributed by atoms with Crippen LogP contribution in [0.5, 0.6) is 0 Å². The number of aliphatic carboxylic acids is 1. The molecule has 1 aliphatic heterocycles. The molecule has 6 nitrogen and oxygen atoms in total. The molecule has 1 aliphatic rings. The van der Waals surface area contributed by atoms with Gasteiger partial charge < -0.3 is 21.5 Å². The minimum absolute atomic E-state index is 0.123. The number of carbonyl (C=O) groups is 1. The monoisotopic (exact) mass is 158 g/mol. The lowest BCUT2D eigenvalue weighted by atomic mass is 9.92. The lowest BCUT2D eigenvalue weighted by molar-refractivity contribution is -0.148. The second-order valence-corrected chi connectivity index (χ2v) is 2.70. The lowest BCUT2D eigenvalue weighted by Gasteiger charge is -2.44. The molecule has 6 heteroatoms. The third kappa shape index (κ3) is 1.12. The Morgan fingerprint density at radius 1 is 1.64 bits per heavy atom. The van der Waals surface area contributed by atoms with E-state index in [-0.39, 0.29) is 19.0 Å². The third-order valence-electron chi connectivity index (χ3n) is 1.71. The van der Waals surface area contributed by atoms with E-state index < -0.39 is 11.5 Å². The molecule has 0 unspecified atom stereocenters. The van der Waals surface area contributed by atoms with E-state index >= 15 is 0 Å². The summed E-state index contributed by atoms with van der Waals surface area (Å²) in [6, 6.07) is 0. The van der Waals surface area contributed by atoms with E-state index in [1.165, 1.54) is 4.90 Å². The molecule has 1 fully saturated rings. The predicted molar refractivity (Wildman–Crippen MR) is 38.0 cm³/mol. The summed E-state index contributed by atoms with van der Waals surface area (Å²) in [5.74, 6) is -1.18. The molecule has 0 radical (unpaired) electrons. The molecule has 0 atom stereocenters. The maximum Gasteiger partial charge on any atom is 0.327 e. The number of carboxylic acids is 1. The van der Waals surface area contributed by atoms with Crippen LogP contribution in [0.25, 0.3) is 0 Å². The average Bonchev–Trinajstić information content (AvgIpc) is 1.79. The average molecular weight is 158 g/mol. The first-order valence-corrected chi connectivity index (χ1v) is 3.07. The van der Waals surface area contributed by atoms with Crippen molar-refractivity contribution in [1.29, 1.82) is 5.41 Å². The van der Waals surface area contributed by atoms with Gasteiger partial charge in [-0.3, -0.25) is 10.2 Å². The van der Waals surface area contributed by atoms with Crippen molar-refractivity contribution in [2.75, 3.05) is 13.1 Å². The van der Waals surface area contributed by atoms with Gasteiger partial charge in [-0.25, -0.2) is 0 Å². The first-order chi connectivity index (χ1) is 4.96. The fourth-order valence-corrected chi connectivity index (χ4v) is 0.940. The van der Waals surface area contributed by atoms with Crippen molar-refractivity contribution >= 4 is 11.9 Å². The minimum Gasteiger partial charge on any atom is -0.480 e. The number of carboxylic acid groups (broad SMARTS) is 1. The summed E-state index contributed by atoms with van der Waals surface area (Å²) < 4.78 is 0. The molecule has 6 N–H and O–H groups in total. The zero-order chi connectivity index (χ0) is 8.65. The number of likely N-dealkylation sites (tertiary alicyclic amines) is 1. The van der Waals surface area contributed by atoms with Crippen LogP contribution in [0.4, 0.5) is 0 Å². The Morgan fingerprint density at radius 2 is 2.09 bits per heavy atom. The van der Waals surface area contributed by atoms with Crippen molar-refractivity contribution in [3.05, 3.63) is 0 Å². The molecule has 0 bridgehead atoms. The van der Waals surface area contributed by atoms with E-state index in [0.29, 0.717) is 0 Å². The highest BCUT2D eigenvalue weighted by molar-refractivity contribution is 5.85. The molecule has 1 heterocycles. The van der Waals surface area contributed by atoms with Crippen LogP contribution in [0.3, 0.4) is 0 Å². The van der Waals surface area contributed by atoms with Gasteiger partial charge in [-0.05, 0) is 0 Å². The van der Waals surface area contributed by atoms with Gasteiger partial charge in [0.15, 0.2) is 5.96 Å². The molecule has 0 aromatic carbocycles. The van der Waals surface area contributed by atoms with Crippen molar-refractivity contribution in [2.24, 2.45) is 11.5 Å². The standard InChI is InChI=1S/C5H10N4O2/c6-4(7)9-1-5(8,2-9)3(10)11/h1-2,8H2,(H3,6,7)(H,10,11). The van der Waals surface area contributed by atoms with E-state index in [9.17, 15) is 4.79 Å². The molecule has 0 aromatic rings.